The minimum atomic E-state index is 0.151. The molecule has 1 atom stereocenters. The molecule has 1 aromatic rings. The van der Waals surface area contributed by atoms with Crippen LogP contribution < -0.4 is 5.32 Å². The molecule has 1 rings (SSSR count). The van der Waals surface area contributed by atoms with Crippen molar-refractivity contribution in [2.75, 3.05) is 20.2 Å². The highest BCUT2D eigenvalue weighted by Gasteiger charge is 2.14. The summed E-state index contributed by atoms with van der Waals surface area (Å²) in [5.41, 5.74) is 2.87. The summed E-state index contributed by atoms with van der Waals surface area (Å²) in [7, 11) is 1.97. The fourth-order valence-electron chi connectivity index (χ4n) is 1.75. The Hall–Kier alpha value is -0.860. The van der Waals surface area contributed by atoms with Crippen molar-refractivity contribution in [3.05, 3.63) is 35.4 Å². The molecule has 2 heteroatoms. The highest BCUT2D eigenvalue weighted by atomic mass is 16.5. The topological polar surface area (TPSA) is 21.3 Å². The van der Waals surface area contributed by atoms with Gasteiger partial charge in [0.15, 0.2) is 0 Å². The van der Waals surface area contributed by atoms with Gasteiger partial charge in [-0.2, -0.15) is 0 Å². The van der Waals surface area contributed by atoms with E-state index in [0.717, 1.165) is 19.6 Å². The molecule has 1 N–H and O–H groups in total. The van der Waals surface area contributed by atoms with E-state index < -0.39 is 0 Å². The minimum absolute atomic E-state index is 0.151. The molecule has 0 aliphatic heterocycles. The first-order valence-corrected chi connectivity index (χ1v) is 6.75. The van der Waals surface area contributed by atoms with Crippen LogP contribution in [0.3, 0.4) is 0 Å². The van der Waals surface area contributed by atoms with Gasteiger partial charge in [0.25, 0.3) is 0 Å². The summed E-state index contributed by atoms with van der Waals surface area (Å²) < 4.78 is 6.02. The summed E-state index contributed by atoms with van der Waals surface area (Å²) in [6.45, 7) is 10.5. The molecular weight excluding hydrogens is 222 g/mol. The summed E-state index contributed by atoms with van der Waals surface area (Å²) in [4.78, 5) is 0. The number of hydrogen-bond acceptors (Lipinski definition) is 2. The molecule has 0 amide bonds. The maximum Gasteiger partial charge on any atom is 0.0949 e. The molecule has 0 bridgehead atoms. The Morgan fingerprint density at radius 2 is 1.78 bits per heavy atom. The number of hydrogen-bond donors (Lipinski definition) is 1. The van der Waals surface area contributed by atoms with Crippen molar-refractivity contribution in [1.82, 2.24) is 5.32 Å². The van der Waals surface area contributed by atoms with Gasteiger partial charge < -0.3 is 10.1 Å². The lowest BCUT2D eigenvalue weighted by Crippen LogP contribution is -2.21. The monoisotopic (exact) mass is 249 g/mol. The van der Waals surface area contributed by atoms with Crippen LogP contribution in [0.15, 0.2) is 24.3 Å². The van der Waals surface area contributed by atoms with Crippen molar-refractivity contribution in [2.24, 2.45) is 5.41 Å². The van der Waals surface area contributed by atoms with Gasteiger partial charge in [0, 0.05) is 13.2 Å². The van der Waals surface area contributed by atoms with Gasteiger partial charge in [0.1, 0.15) is 0 Å². The van der Waals surface area contributed by atoms with Gasteiger partial charge in [0.05, 0.1) is 6.10 Å². The molecule has 0 fully saturated rings. The maximum atomic E-state index is 6.02. The van der Waals surface area contributed by atoms with E-state index in [0.29, 0.717) is 5.41 Å². The molecule has 0 aromatic heterocycles. The number of rotatable bonds is 6. The zero-order valence-corrected chi connectivity index (χ0v) is 12.4. The van der Waals surface area contributed by atoms with Crippen molar-refractivity contribution in [2.45, 2.75) is 40.2 Å². The van der Waals surface area contributed by atoms with Gasteiger partial charge >= 0.3 is 0 Å². The number of likely N-dealkylation sites (N-methyl/N-ethyl adjacent to an activating group) is 1. The van der Waals surface area contributed by atoms with Crippen molar-refractivity contribution < 1.29 is 4.74 Å². The van der Waals surface area contributed by atoms with Crippen LogP contribution in [0.25, 0.3) is 0 Å². The first kappa shape index (κ1) is 15.2. The molecule has 0 saturated heterocycles. The van der Waals surface area contributed by atoms with E-state index in [2.05, 4.69) is 57.3 Å². The van der Waals surface area contributed by atoms with Gasteiger partial charge in [-0.15, -0.1) is 0 Å². The highest BCUT2D eigenvalue weighted by molar-refractivity contribution is 5.23. The Bertz CT molecular complexity index is 337. The molecule has 102 valence electrons. The summed E-state index contributed by atoms with van der Waals surface area (Å²) >= 11 is 0. The van der Waals surface area contributed by atoms with E-state index in [-0.39, 0.29) is 6.10 Å². The Kier molecular flexibility index (Phi) is 5.83. The van der Waals surface area contributed by atoms with Gasteiger partial charge in [-0.25, -0.2) is 0 Å². The fraction of sp³-hybridized carbons (Fsp3) is 0.625. The van der Waals surface area contributed by atoms with Gasteiger partial charge in [-0.1, -0.05) is 50.6 Å². The second-order valence-electron chi connectivity index (χ2n) is 6.14. The Balaban J connectivity index is 2.57. The average molecular weight is 249 g/mol. The number of nitrogens with one attached hydrogen (secondary N) is 1. The number of aryl methyl sites for hydroxylation is 1. The van der Waals surface area contributed by atoms with Crippen molar-refractivity contribution in [3.63, 3.8) is 0 Å². The van der Waals surface area contributed by atoms with Crippen LogP contribution in [0.2, 0.25) is 0 Å². The third kappa shape index (κ3) is 5.65. The third-order valence-electron chi connectivity index (χ3n) is 3.01. The molecule has 0 saturated carbocycles. The smallest absolute Gasteiger partial charge is 0.0949 e. The Morgan fingerprint density at radius 3 is 2.28 bits per heavy atom. The van der Waals surface area contributed by atoms with E-state index in [1.807, 2.05) is 7.05 Å². The molecule has 0 spiro atoms. The molecule has 0 radical (unpaired) electrons. The fourth-order valence-corrected chi connectivity index (χ4v) is 1.75. The minimum Gasteiger partial charge on any atom is -0.372 e. The van der Waals surface area contributed by atoms with Gasteiger partial charge in [0.2, 0.25) is 0 Å². The van der Waals surface area contributed by atoms with E-state index in [1.54, 1.807) is 0 Å². The van der Waals surface area contributed by atoms with E-state index in [9.17, 15) is 0 Å². The second kappa shape index (κ2) is 6.91. The predicted octanol–water partition coefficient (Wildman–Crippen LogP) is 3.71. The van der Waals surface area contributed by atoms with Crippen LogP contribution in [-0.4, -0.2) is 20.2 Å². The zero-order chi connectivity index (χ0) is 13.6. The van der Waals surface area contributed by atoms with Crippen LogP contribution in [-0.2, 0) is 4.74 Å². The lowest BCUT2D eigenvalue weighted by atomic mass is 9.93. The van der Waals surface area contributed by atoms with E-state index in [4.69, 9.17) is 4.74 Å². The highest BCUT2D eigenvalue weighted by Crippen LogP contribution is 2.22. The van der Waals surface area contributed by atoms with Crippen molar-refractivity contribution >= 4 is 0 Å². The summed E-state index contributed by atoms with van der Waals surface area (Å²) in [6.07, 6.45) is 1.23. The van der Waals surface area contributed by atoms with E-state index >= 15 is 0 Å². The summed E-state index contributed by atoms with van der Waals surface area (Å²) in [5, 5.41) is 3.20. The van der Waals surface area contributed by atoms with Crippen LogP contribution in [0.4, 0.5) is 0 Å². The molecule has 1 unspecified atom stereocenters. The number of ether oxygens (including phenoxy) is 1. The van der Waals surface area contributed by atoms with Gasteiger partial charge in [-0.3, -0.25) is 0 Å². The number of benzene rings is 1. The van der Waals surface area contributed by atoms with Crippen molar-refractivity contribution in [3.8, 4) is 0 Å². The van der Waals surface area contributed by atoms with Crippen LogP contribution in [0.1, 0.15) is 44.4 Å². The first-order chi connectivity index (χ1) is 8.42. The van der Waals surface area contributed by atoms with Crippen molar-refractivity contribution in [1.29, 1.82) is 0 Å². The quantitative estimate of drug-likeness (QED) is 0.830. The molecule has 18 heavy (non-hydrogen) atoms. The largest absolute Gasteiger partial charge is 0.372 e. The Morgan fingerprint density at radius 1 is 1.17 bits per heavy atom. The average Bonchev–Trinajstić information content (AvgIpc) is 2.27. The normalized spacial score (nSPS) is 13.6. The molecule has 0 aliphatic rings. The van der Waals surface area contributed by atoms with Crippen LogP contribution in [0, 0.1) is 12.3 Å². The first-order valence-electron chi connectivity index (χ1n) is 6.75. The summed E-state index contributed by atoms with van der Waals surface area (Å²) in [5.74, 6) is 0. The standard InChI is InChI=1S/C16H27NO/c1-13-6-8-14(9-7-13)15(12-17-5)18-11-10-16(2,3)4/h6-9,15,17H,10-12H2,1-5H3. The predicted molar refractivity (Wildman–Crippen MR) is 77.9 cm³/mol. The molecule has 2 nitrogen and oxygen atoms in total. The summed E-state index contributed by atoms with van der Waals surface area (Å²) in [6, 6.07) is 8.61. The van der Waals surface area contributed by atoms with E-state index in [1.165, 1.54) is 11.1 Å². The van der Waals surface area contributed by atoms with Crippen LogP contribution in [0.5, 0.6) is 0 Å². The molecular formula is C16H27NO. The lowest BCUT2D eigenvalue weighted by molar-refractivity contribution is 0.0381. The Labute approximate surface area is 112 Å². The molecule has 0 aliphatic carbocycles. The second-order valence-corrected chi connectivity index (χ2v) is 6.14. The molecule has 0 heterocycles. The van der Waals surface area contributed by atoms with Crippen LogP contribution >= 0.6 is 0 Å². The molecule has 1 aromatic carbocycles. The lowest BCUT2D eigenvalue weighted by Gasteiger charge is -2.22. The maximum absolute atomic E-state index is 6.02. The third-order valence-corrected chi connectivity index (χ3v) is 3.01. The van der Waals surface area contributed by atoms with Gasteiger partial charge in [-0.05, 0) is 31.4 Å². The zero-order valence-electron chi connectivity index (χ0n) is 12.4. The SMILES string of the molecule is CNCC(OCCC(C)(C)C)c1ccc(C)cc1.